The number of hydrogen-bond acceptors (Lipinski definition) is 4. The van der Waals surface area contributed by atoms with Crippen molar-refractivity contribution in [3.05, 3.63) is 37.0 Å². The summed E-state index contributed by atoms with van der Waals surface area (Å²) in [5.41, 5.74) is 0.352. The molecule has 0 atom stereocenters. The maximum atomic E-state index is 10.1. The van der Waals surface area contributed by atoms with Crippen molar-refractivity contribution in [1.29, 1.82) is 0 Å². The van der Waals surface area contributed by atoms with E-state index in [0.717, 1.165) is 6.08 Å². The van der Waals surface area contributed by atoms with Gasteiger partial charge < -0.3 is 14.9 Å². The minimum atomic E-state index is -0.935. The van der Waals surface area contributed by atoms with Crippen LogP contribution in [0.5, 0.6) is 0 Å². The first-order chi connectivity index (χ1) is 8.59. The Kier molecular flexibility index (Phi) is 15.8. The summed E-state index contributed by atoms with van der Waals surface area (Å²) in [6.45, 7) is 14.6. The Labute approximate surface area is 112 Å². The predicted octanol–water partition coefficient (Wildman–Crippen LogP) is 2.03. The standard InChI is InChI=1S/C5H8O2.2C4H6O2/c1-3-5(6)7-4-2;2*1-3(2)4(5)6/h3H,1,4H2,2H3;2*1H2,2H3,(H,5,6). The summed E-state index contributed by atoms with van der Waals surface area (Å²) in [5.74, 6) is -2.23. The normalized spacial score (nSPS) is 7.53. The Morgan fingerprint density at radius 2 is 1.32 bits per heavy atom. The Morgan fingerprint density at radius 3 is 1.37 bits per heavy atom. The number of carboxylic acids is 2. The van der Waals surface area contributed by atoms with E-state index < -0.39 is 11.9 Å². The summed E-state index contributed by atoms with van der Waals surface area (Å²) in [7, 11) is 0. The third-order valence-electron chi connectivity index (χ3n) is 1.18. The molecule has 2 N–H and O–H groups in total. The van der Waals surface area contributed by atoms with Gasteiger partial charge in [0.1, 0.15) is 0 Å². The second-order valence-electron chi connectivity index (χ2n) is 3.13. The molecule has 0 spiro atoms. The molecule has 0 radical (unpaired) electrons. The average Bonchev–Trinajstić information content (AvgIpc) is 2.30. The molecular weight excluding hydrogens is 252 g/mol. The quantitative estimate of drug-likeness (QED) is 0.600. The number of hydrogen-bond donors (Lipinski definition) is 2. The molecule has 108 valence electrons. The van der Waals surface area contributed by atoms with Crippen LogP contribution in [-0.4, -0.2) is 34.7 Å². The Morgan fingerprint density at radius 1 is 1.05 bits per heavy atom. The SMILES string of the molecule is C=C(C)C(=O)O.C=C(C)C(=O)O.C=CC(=O)OCC. The van der Waals surface area contributed by atoms with Gasteiger partial charge in [0.15, 0.2) is 0 Å². The van der Waals surface area contributed by atoms with Crippen LogP contribution in [0.3, 0.4) is 0 Å². The molecule has 0 aromatic carbocycles. The number of carboxylic acid groups (broad SMARTS) is 2. The molecule has 0 aliphatic carbocycles. The molecule has 0 aliphatic heterocycles. The van der Waals surface area contributed by atoms with Gasteiger partial charge in [0.05, 0.1) is 6.61 Å². The molecule has 6 heteroatoms. The van der Waals surface area contributed by atoms with Crippen molar-refractivity contribution in [2.45, 2.75) is 20.8 Å². The number of esters is 1. The molecule has 0 amide bonds. The van der Waals surface area contributed by atoms with E-state index in [9.17, 15) is 14.4 Å². The largest absolute Gasteiger partial charge is 0.478 e. The van der Waals surface area contributed by atoms with Gasteiger partial charge in [-0.15, -0.1) is 0 Å². The van der Waals surface area contributed by atoms with Crippen molar-refractivity contribution in [3.8, 4) is 0 Å². The summed E-state index contributed by atoms with van der Waals surface area (Å²) in [6, 6.07) is 0. The molecule has 19 heavy (non-hydrogen) atoms. The van der Waals surface area contributed by atoms with Gasteiger partial charge in [0, 0.05) is 17.2 Å². The first-order valence-corrected chi connectivity index (χ1v) is 5.16. The number of carbonyl (C=O) groups excluding carboxylic acids is 1. The monoisotopic (exact) mass is 272 g/mol. The molecule has 0 saturated carbocycles. The van der Waals surface area contributed by atoms with E-state index in [4.69, 9.17) is 10.2 Å². The van der Waals surface area contributed by atoms with Crippen LogP contribution in [0.2, 0.25) is 0 Å². The molecule has 0 aromatic rings. The molecule has 0 heterocycles. The van der Waals surface area contributed by atoms with Gasteiger partial charge in [-0.2, -0.15) is 0 Å². The highest BCUT2D eigenvalue weighted by atomic mass is 16.5. The van der Waals surface area contributed by atoms with Gasteiger partial charge in [0.2, 0.25) is 0 Å². The highest BCUT2D eigenvalue weighted by molar-refractivity contribution is 5.85. The smallest absolute Gasteiger partial charge is 0.330 e. The van der Waals surface area contributed by atoms with Gasteiger partial charge in [-0.05, 0) is 20.8 Å². The lowest BCUT2D eigenvalue weighted by atomic mass is 10.4. The summed E-state index contributed by atoms with van der Waals surface area (Å²) in [6.07, 6.45) is 1.14. The third kappa shape index (κ3) is 25.7. The van der Waals surface area contributed by atoms with E-state index in [1.54, 1.807) is 6.92 Å². The first kappa shape index (κ1) is 21.9. The minimum Gasteiger partial charge on any atom is -0.478 e. The van der Waals surface area contributed by atoms with Crippen LogP contribution in [-0.2, 0) is 19.1 Å². The summed E-state index contributed by atoms with van der Waals surface area (Å²) >= 11 is 0. The minimum absolute atomic E-state index is 0.176. The zero-order chi connectivity index (χ0) is 16.0. The molecule has 0 rings (SSSR count). The molecule has 6 nitrogen and oxygen atoms in total. The van der Waals surface area contributed by atoms with Crippen LogP contribution >= 0.6 is 0 Å². The van der Waals surface area contributed by atoms with Gasteiger partial charge in [-0.1, -0.05) is 19.7 Å². The van der Waals surface area contributed by atoms with E-state index in [2.05, 4.69) is 24.5 Å². The van der Waals surface area contributed by atoms with E-state index in [0.29, 0.717) is 6.61 Å². The van der Waals surface area contributed by atoms with Gasteiger partial charge in [-0.3, -0.25) is 0 Å². The van der Waals surface area contributed by atoms with Crippen molar-refractivity contribution < 1.29 is 29.3 Å². The second-order valence-corrected chi connectivity index (χ2v) is 3.13. The van der Waals surface area contributed by atoms with Crippen LogP contribution in [0.4, 0.5) is 0 Å². The van der Waals surface area contributed by atoms with Gasteiger partial charge >= 0.3 is 17.9 Å². The zero-order valence-electron chi connectivity index (χ0n) is 11.4. The molecular formula is C13H20O6. The third-order valence-corrected chi connectivity index (χ3v) is 1.18. The van der Waals surface area contributed by atoms with E-state index in [1.807, 2.05) is 0 Å². The van der Waals surface area contributed by atoms with Crippen molar-refractivity contribution >= 4 is 17.9 Å². The van der Waals surface area contributed by atoms with Crippen LogP contribution in [0.15, 0.2) is 37.0 Å². The Hall–Kier alpha value is -2.37. The molecule has 0 fully saturated rings. The topological polar surface area (TPSA) is 101 Å². The number of aliphatic carboxylic acids is 2. The number of carbonyl (C=O) groups is 3. The van der Waals surface area contributed by atoms with Crippen molar-refractivity contribution in [3.63, 3.8) is 0 Å². The fourth-order valence-electron chi connectivity index (χ4n) is 0.201. The molecule has 0 aromatic heterocycles. The predicted molar refractivity (Wildman–Crippen MR) is 71.7 cm³/mol. The maximum Gasteiger partial charge on any atom is 0.330 e. The highest BCUT2D eigenvalue weighted by Gasteiger charge is 1.90. The van der Waals surface area contributed by atoms with Crippen LogP contribution < -0.4 is 0 Å². The Bertz CT molecular complexity index is 306. The lowest BCUT2D eigenvalue weighted by Crippen LogP contribution is -1.97. The van der Waals surface area contributed by atoms with Crippen LogP contribution in [0, 0.1) is 0 Å². The molecule has 0 unspecified atom stereocenters. The summed E-state index contributed by atoms with van der Waals surface area (Å²) in [5, 5.41) is 15.8. The van der Waals surface area contributed by atoms with E-state index in [-0.39, 0.29) is 17.1 Å². The van der Waals surface area contributed by atoms with Gasteiger partial charge in [-0.25, -0.2) is 14.4 Å². The summed E-state index contributed by atoms with van der Waals surface area (Å²) < 4.78 is 4.43. The lowest BCUT2D eigenvalue weighted by molar-refractivity contribution is -0.137. The van der Waals surface area contributed by atoms with Crippen molar-refractivity contribution in [1.82, 2.24) is 0 Å². The maximum absolute atomic E-state index is 10.1. The van der Waals surface area contributed by atoms with Crippen LogP contribution in [0.25, 0.3) is 0 Å². The van der Waals surface area contributed by atoms with E-state index >= 15 is 0 Å². The first-order valence-electron chi connectivity index (χ1n) is 5.16. The second kappa shape index (κ2) is 13.7. The zero-order valence-corrected chi connectivity index (χ0v) is 11.4. The fraction of sp³-hybridized carbons (Fsp3) is 0.308. The van der Waals surface area contributed by atoms with Crippen molar-refractivity contribution in [2.75, 3.05) is 6.61 Å². The number of ether oxygens (including phenoxy) is 1. The van der Waals surface area contributed by atoms with E-state index in [1.165, 1.54) is 13.8 Å². The van der Waals surface area contributed by atoms with Gasteiger partial charge in [0.25, 0.3) is 0 Å². The van der Waals surface area contributed by atoms with Crippen molar-refractivity contribution in [2.24, 2.45) is 0 Å². The molecule has 0 bridgehead atoms. The fourth-order valence-corrected chi connectivity index (χ4v) is 0.201. The molecule has 0 aliphatic rings. The average molecular weight is 272 g/mol. The molecule has 0 saturated heterocycles. The van der Waals surface area contributed by atoms with Crippen LogP contribution in [0.1, 0.15) is 20.8 Å². The summed E-state index contributed by atoms with van der Waals surface area (Å²) in [4.78, 5) is 29.3. The lowest BCUT2D eigenvalue weighted by Gasteiger charge is -1.90. The highest BCUT2D eigenvalue weighted by Crippen LogP contribution is 1.81. The number of rotatable bonds is 4. The Balaban J connectivity index is -0.000000203.